The molecule has 4 N–H and O–H groups in total. The predicted octanol–water partition coefficient (Wildman–Crippen LogP) is 2.75. The smallest absolute Gasteiger partial charge is 0.410 e. The molecule has 56 heavy (non-hydrogen) atoms. The van der Waals surface area contributed by atoms with Crippen molar-refractivity contribution in [3.8, 4) is 16.6 Å². The van der Waals surface area contributed by atoms with Crippen LogP contribution in [0.1, 0.15) is 41.5 Å². The molecule has 3 atom stereocenters. The molecule has 3 aliphatic heterocycles. The predicted molar refractivity (Wildman–Crippen MR) is 209 cm³/mol. The second-order valence-corrected chi connectivity index (χ2v) is 16.5. The number of carboxylic acids is 2. The van der Waals surface area contributed by atoms with E-state index in [9.17, 15) is 24.0 Å². The van der Waals surface area contributed by atoms with Crippen LogP contribution in [0, 0.1) is 11.5 Å². The minimum atomic E-state index is -0.951. The highest BCUT2D eigenvalue weighted by atomic mass is 32.1. The minimum Gasteiger partial charge on any atom is -0.480 e. The van der Waals surface area contributed by atoms with Crippen molar-refractivity contribution < 1.29 is 43.7 Å². The van der Waals surface area contributed by atoms with E-state index in [0.717, 1.165) is 10.4 Å². The lowest BCUT2D eigenvalue weighted by molar-refractivity contribution is -0.145. The molecule has 2 aromatic rings. The van der Waals surface area contributed by atoms with Crippen molar-refractivity contribution in [3.05, 3.63) is 36.5 Å². The van der Waals surface area contributed by atoms with E-state index < -0.39 is 47.4 Å². The quantitative estimate of drug-likeness (QED) is 0.320. The lowest BCUT2D eigenvalue weighted by Gasteiger charge is -2.37. The molecular formula is C37H55N9O9S. The van der Waals surface area contributed by atoms with Crippen molar-refractivity contribution in [2.45, 2.75) is 70.9 Å². The first-order valence-electron chi connectivity index (χ1n) is 18.2. The molecule has 0 unspecified atom stereocenters. The van der Waals surface area contributed by atoms with Crippen LogP contribution in [0.2, 0.25) is 0 Å². The summed E-state index contributed by atoms with van der Waals surface area (Å²) in [4.78, 5) is 71.1. The number of carbonyl (C=O) groups is 5. The van der Waals surface area contributed by atoms with E-state index in [4.69, 9.17) is 24.9 Å². The molecule has 4 heterocycles. The van der Waals surface area contributed by atoms with Crippen LogP contribution in [0.15, 0.2) is 36.5 Å². The Balaban J connectivity index is 0.000000231. The fourth-order valence-corrected chi connectivity index (χ4v) is 6.37. The van der Waals surface area contributed by atoms with Gasteiger partial charge in [-0.25, -0.2) is 14.6 Å². The van der Waals surface area contributed by atoms with Crippen molar-refractivity contribution in [1.29, 1.82) is 5.26 Å². The van der Waals surface area contributed by atoms with Crippen molar-refractivity contribution in [2.24, 2.45) is 0 Å². The molecule has 0 bridgehead atoms. The van der Waals surface area contributed by atoms with E-state index in [-0.39, 0.29) is 25.0 Å². The van der Waals surface area contributed by atoms with Crippen LogP contribution in [0.4, 0.5) is 14.7 Å². The second-order valence-electron chi connectivity index (χ2n) is 15.5. The van der Waals surface area contributed by atoms with Gasteiger partial charge in [-0.1, -0.05) is 41.7 Å². The van der Waals surface area contributed by atoms with E-state index in [0.29, 0.717) is 50.9 Å². The van der Waals surface area contributed by atoms with Crippen LogP contribution in [0.3, 0.4) is 0 Å². The third-order valence-electron chi connectivity index (χ3n) is 8.60. The van der Waals surface area contributed by atoms with Gasteiger partial charge in [0.15, 0.2) is 11.3 Å². The molecule has 0 spiro atoms. The van der Waals surface area contributed by atoms with Crippen LogP contribution in [-0.2, 0) is 23.9 Å². The van der Waals surface area contributed by atoms with Gasteiger partial charge in [-0.15, -0.1) is 0 Å². The SMILES string of the molecule is CC(C)(C)OC(=O)N1CCN[C@H](C(=O)O)C1.CN1CCN(C#N)C[C@H]1C(=O)Nc1ncc(-c2ccccc2)s1.CN1CCN(C(=O)OC(C)(C)C)C[C@H]1C(=O)O. The molecule has 19 heteroatoms. The molecule has 1 aromatic carbocycles. The monoisotopic (exact) mass is 801 g/mol. The second kappa shape index (κ2) is 20.2. The number of hydrogen-bond donors (Lipinski definition) is 4. The molecule has 3 amide bonds. The fourth-order valence-electron chi connectivity index (χ4n) is 5.54. The summed E-state index contributed by atoms with van der Waals surface area (Å²) in [5.41, 5.74) is -0.0317. The maximum atomic E-state index is 12.5. The van der Waals surface area contributed by atoms with E-state index in [2.05, 4.69) is 21.8 Å². The summed E-state index contributed by atoms with van der Waals surface area (Å²) >= 11 is 1.45. The number of nitriles is 1. The van der Waals surface area contributed by atoms with E-state index >= 15 is 0 Å². The first-order valence-corrected chi connectivity index (χ1v) is 19.0. The highest BCUT2D eigenvalue weighted by Crippen LogP contribution is 2.29. The molecule has 3 fully saturated rings. The molecule has 3 saturated heterocycles. The number of aromatic nitrogens is 1. The van der Waals surface area contributed by atoms with Crippen LogP contribution in [0.5, 0.6) is 0 Å². The first-order chi connectivity index (χ1) is 26.2. The summed E-state index contributed by atoms with van der Waals surface area (Å²) in [5, 5.41) is 33.1. The van der Waals surface area contributed by atoms with Gasteiger partial charge in [-0.2, -0.15) is 5.26 Å². The average Bonchev–Trinajstić information content (AvgIpc) is 3.60. The topological polar surface area (TPSA) is 221 Å². The number of carboxylic acid groups (broad SMARTS) is 2. The Morgan fingerprint density at radius 3 is 1.95 bits per heavy atom. The van der Waals surface area contributed by atoms with Gasteiger partial charge in [0, 0.05) is 45.5 Å². The van der Waals surface area contributed by atoms with Crippen molar-refractivity contribution >= 4 is 46.5 Å². The fraction of sp³-hybridized carbons (Fsp3) is 0.595. The van der Waals surface area contributed by atoms with Crippen molar-refractivity contribution in [3.63, 3.8) is 0 Å². The highest BCUT2D eigenvalue weighted by molar-refractivity contribution is 7.19. The lowest BCUT2D eigenvalue weighted by Crippen LogP contribution is -2.56. The van der Waals surface area contributed by atoms with Gasteiger partial charge < -0.3 is 45.0 Å². The number of thiazole rings is 1. The minimum absolute atomic E-state index is 0.124. The summed E-state index contributed by atoms with van der Waals surface area (Å²) in [6.45, 7) is 14.7. The number of piperazine rings is 3. The van der Waals surface area contributed by atoms with Gasteiger partial charge in [0.25, 0.3) is 0 Å². The van der Waals surface area contributed by atoms with Gasteiger partial charge in [0.05, 0.1) is 24.5 Å². The number of hydrogen-bond acceptors (Lipinski definition) is 14. The number of rotatable bonds is 5. The van der Waals surface area contributed by atoms with E-state index in [1.165, 1.54) is 21.1 Å². The summed E-state index contributed by atoms with van der Waals surface area (Å²) in [6, 6.07) is 8.23. The summed E-state index contributed by atoms with van der Waals surface area (Å²) in [5.74, 6) is -1.99. The summed E-state index contributed by atoms with van der Waals surface area (Å²) < 4.78 is 10.4. The maximum absolute atomic E-state index is 12.5. The molecule has 0 aliphatic carbocycles. The number of amides is 3. The Morgan fingerprint density at radius 2 is 1.39 bits per heavy atom. The van der Waals surface area contributed by atoms with Crippen LogP contribution in [-0.4, -0.2) is 172 Å². The van der Waals surface area contributed by atoms with Gasteiger partial charge in [-0.05, 0) is 61.2 Å². The normalized spacial score (nSPS) is 20.6. The lowest BCUT2D eigenvalue weighted by atomic mass is 10.2. The van der Waals surface area contributed by atoms with Gasteiger partial charge in [0.2, 0.25) is 5.91 Å². The van der Waals surface area contributed by atoms with Crippen molar-refractivity contribution in [2.75, 3.05) is 78.3 Å². The number of carbonyl (C=O) groups excluding carboxylic acids is 3. The molecule has 5 rings (SSSR count). The molecule has 0 radical (unpaired) electrons. The largest absolute Gasteiger partial charge is 0.480 e. The summed E-state index contributed by atoms with van der Waals surface area (Å²) in [6.07, 6.45) is 2.97. The number of nitrogens with zero attached hydrogens (tertiary/aromatic N) is 7. The van der Waals surface area contributed by atoms with Crippen LogP contribution >= 0.6 is 11.3 Å². The maximum Gasteiger partial charge on any atom is 0.410 e. The number of anilines is 1. The molecular weight excluding hydrogens is 747 g/mol. The third kappa shape index (κ3) is 14.6. The molecule has 308 valence electrons. The van der Waals surface area contributed by atoms with E-state index in [1.54, 1.807) is 64.6 Å². The zero-order valence-corrected chi connectivity index (χ0v) is 34.2. The van der Waals surface area contributed by atoms with Crippen LogP contribution in [0.25, 0.3) is 10.4 Å². The van der Waals surface area contributed by atoms with Crippen LogP contribution < -0.4 is 10.6 Å². The van der Waals surface area contributed by atoms with Crippen molar-refractivity contribution in [1.82, 2.24) is 34.8 Å². The zero-order chi connectivity index (χ0) is 41.8. The Hall–Kier alpha value is -5.03. The molecule has 1 aromatic heterocycles. The molecule has 18 nitrogen and oxygen atoms in total. The number of aliphatic carboxylic acids is 2. The third-order valence-corrected chi connectivity index (χ3v) is 9.56. The number of ether oxygens (including phenoxy) is 2. The van der Waals surface area contributed by atoms with Gasteiger partial charge in [0.1, 0.15) is 29.3 Å². The standard InChI is InChI=1S/C16H17N5OS.C11H20N2O4.C10H18N2O4/c1-20-7-8-21(11-17)10-13(20)15(22)19-16-18-9-14(23-16)12-5-3-2-4-6-12;1-11(2,3)17-10(16)13-6-5-12(4)8(7-13)9(14)15;1-10(2,3)16-9(15)12-5-4-11-7(6-12)8(13)14/h2-6,9,13H,7-8,10H2,1H3,(H,18,19,22);8H,5-7H2,1-4H3,(H,14,15);7,11H,4-6H2,1-3H3,(H,13,14)/t13-;8-;7-/m000/s1. The summed E-state index contributed by atoms with van der Waals surface area (Å²) in [7, 11) is 3.64. The highest BCUT2D eigenvalue weighted by Gasteiger charge is 2.34. The Bertz CT molecular complexity index is 1690. The number of likely N-dealkylation sites (N-methyl/N-ethyl adjacent to an activating group) is 2. The molecule has 3 aliphatic rings. The van der Waals surface area contributed by atoms with E-state index in [1.807, 2.05) is 42.3 Å². The van der Waals surface area contributed by atoms with Gasteiger partial charge >= 0.3 is 24.1 Å². The number of nitrogens with one attached hydrogen (secondary N) is 2. The zero-order valence-electron chi connectivity index (χ0n) is 33.4. The average molecular weight is 802 g/mol. The Kier molecular flexibility index (Phi) is 16.4. The molecule has 0 saturated carbocycles. The Labute approximate surface area is 331 Å². The Morgan fingerprint density at radius 1 is 0.821 bits per heavy atom. The van der Waals surface area contributed by atoms with Gasteiger partial charge in [-0.3, -0.25) is 24.2 Å². The number of benzene rings is 1. The first kappa shape index (κ1) is 45.4.